The Hall–Kier alpha value is -1.85. The Morgan fingerprint density at radius 1 is 1.00 bits per heavy atom. The van der Waals surface area contributed by atoms with Crippen LogP contribution in [0.25, 0.3) is 0 Å². The van der Waals surface area contributed by atoms with Gasteiger partial charge in [0.25, 0.3) is 0 Å². The lowest BCUT2D eigenvalue weighted by atomic mass is 9.65. The normalized spacial score (nSPS) is 33.3. The summed E-state index contributed by atoms with van der Waals surface area (Å²) < 4.78 is 31.4. The average Bonchev–Trinajstić information content (AvgIpc) is 3.23. The maximum Gasteiger partial charge on any atom is 0.459 e. The highest BCUT2D eigenvalue weighted by molar-refractivity contribution is 7.52. The Labute approximate surface area is 225 Å². The Kier molecular flexibility index (Phi) is 6.80. The smallest absolute Gasteiger partial charge is 0.459 e. The number of para-hydroxylation sites is 1. The fourth-order valence-electron chi connectivity index (χ4n) is 7.72. The second kappa shape index (κ2) is 9.41. The fourth-order valence-corrected chi connectivity index (χ4v) is 9.76. The molecule has 0 aromatic heterocycles. The van der Waals surface area contributed by atoms with Crippen molar-refractivity contribution in [2.75, 3.05) is 13.2 Å². The van der Waals surface area contributed by atoms with Crippen molar-refractivity contribution in [3.8, 4) is 5.75 Å². The van der Waals surface area contributed by atoms with Crippen LogP contribution in [0.5, 0.6) is 5.75 Å². The summed E-state index contributed by atoms with van der Waals surface area (Å²) >= 11 is 6.06. The number of benzene rings is 2. The maximum atomic E-state index is 14.1. The summed E-state index contributed by atoms with van der Waals surface area (Å²) in [5, 5.41) is 3.87. The van der Waals surface area contributed by atoms with E-state index in [-0.39, 0.29) is 24.2 Å². The second-order valence-electron chi connectivity index (χ2n) is 12.4. The summed E-state index contributed by atoms with van der Waals surface area (Å²) in [5.41, 5.74) is 1.90. The summed E-state index contributed by atoms with van der Waals surface area (Å²) in [4.78, 5) is 12.4. The van der Waals surface area contributed by atoms with E-state index < -0.39 is 13.7 Å². The van der Waals surface area contributed by atoms with Gasteiger partial charge in [0.15, 0.2) is 0 Å². The zero-order valence-electron chi connectivity index (χ0n) is 22.1. The lowest BCUT2D eigenvalue weighted by Crippen LogP contribution is -2.49. The number of carbonyl (C=O) groups is 1. The number of nitrogens with one attached hydrogen (secondary N) is 1. The molecule has 0 saturated heterocycles. The van der Waals surface area contributed by atoms with E-state index in [1.807, 2.05) is 25.1 Å². The molecule has 8 heteroatoms. The van der Waals surface area contributed by atoms with Crippen molar-refractivity contribution in [3.63, 3.8) is 0 Å². The van der Waals surface area contributed by atoms with Gasteiger partial charge in [0.05, 0.1) is 18.8 Å². The van der Waals surface area contributed by atoms with Crippen molar-refractivity contribution in [2.24, 2.45) is 16.2 Å². The number of hydrogen-bond donors (Lipinski definition) is 1. The minimum absolute atomic E-state index is 0.120. The van der Waals surface area contributed by atoms with Gasteiger partial charge in [-0.1, -0.05) is 43.6 Å². The number of hydrogen-bond acceptors (Lipinski definition) is 5. The standard InChI is InChI=1S/C29H37ClNO5P/c1-21-13-22(15-23(30)14-21)25(32)34-11-8-12-35-37(33,36-24-9-6-5-7-10-24)31-28(4)17-26(2)16-27(3)19-29(27,18-26)20-28/h5-7,9-10,13-15H,8,11-12,16-20H2,1-4H3,(H,31,33)/t26-,27-,28-,29?,37?/m1/s1. The molecule has 2 bridgehead atoms. The summed E-state index contributed by atoms with van der Waals surface area (Å²) in [6.07, 6.45) is 5.99. The molecular formula is C29H37ClNO5P. The predicted molar refractivity (Wildman–Crippen MR) is 145 cm³/mol. The third-order valence-corrected chi connectivity index (χ3v) is 10.5. The van der Waals surface area contributed by atoms with E-state index in [9.17, 15) is 9.36 Å². The van der Waals surface area contributed by atoms with Gasteiger partial charge in [-0.2, -0.15) is 0 Å². The fraction of sp³-hybridized carbons (Fsp3) is 0.552. The van der Waals surface area contributed by atoms with Gasteiger partial charge in [-0.25, -0.2) is 14.4 Å². The molecule has 2 aromatic rings. The van der Waals surface area contributed by atoms with Crippen LogP contribution in [0.15, 0.2) is 48.5 Å². The Morgan fingerprint density at radius 2 is 1.76 bits per heavy atom. The Bertz CT molecular complexity index is 1220. The first-order valence-corrected chi connectivity index (χ1v) is 15.0. The van der Waals surface area contributed by atoms with Crippen molar-refractivity contribution < 1.29 is 23.1 Å². The van der Waals surface area contributed by atoms with Crippen LogP contribution >= 0.6 is 19.3 Å². The number of halogens is 1. The SMILES string of the molecule is Cc1cc(Cl)cc(C(=O)OCCCOP(=O)(N[C@@]2(C)CC34C[C@@](C)(C2)C[C@]3(C)C4)Oc2ccccc2)c1. The van der Waals surface area contributed by atoms with Gasteiger partial charge < -0.3 is 9.26 Å². The van der Waals surface area contributed by atoms with Crippen LogP contribution in [-0.2, 0) is 13.8 Å². The van der Waals surface area contributed by atoms with Crippen molar-refractivity contribution >= 4 is 25.3 Å². The molecule has 3 fully saturated rings. The molecule has 2 aromatic carbocycles. The molecule has 3 aliphatic carbocycles. The van der Waals surface area contributed by atoms with Crippen molar-refractivity contribution in [1.82, 2.24) is 5.09 Å². The van der Waals surface area contributed by atoms with Crippen LogP contribution in [0.1, 0.15) is 75.2 Å². The Balaban J connectivity index is 1.22. The highest BCUT2D eigenvalue weighted by Crippen LogP contribution is 2.83. The van der Waals surface area contributed by atoms with Crippen molar-refractivity contribution in [2.45, 2.75) is 71.8 Å². The van der Waals surface area contributed by atoms with Crippen LogP contribution in [0, 0.1) is 23.2 Å². The van der Waals surface area contributed by atoms with Crippen LogP contribution in [0.2, 0.25) is 5.02 Å². The number of esters is 1. The summed E-state index contributed by atoms with van der Waals surface area (Å²) in [5.74, 6) is 0.0433. The quantitative estimate of drug-likeness (QED) is 0.187. The number of carbonyl (C=O) groups excluding carboxylic acids is 1. The van der Waals surface area contributed by atoms with Gasteiger partial charge in [-0.05, 0) is 98.1 Å². The summed E-state index contributed by atoms with van der Waals surface area (Å²) in [6.45, 7) is 9.06. The third kappa shape index (κ3) is 5.63. The van der Waals surface area contributed by atoms with Gasteiger partial charge in [-0.3, -0.25) is 4.52 Å². The molecule has 200 valence electrons. The van der Waals surface area contributed by atoms with Gasteiger partial charge in [0.1, 0.15) is 5.75 Å². The van der Waals surface area contributed by atoms with Crippen LogP contribution in [0.4, 0.5) is 0 Å². The summed E-state index contributed by atoms with van der Waals surface area (Å²) in [7, 11) is -3.71. The van der Waals surface area contributed by atoms with Crippen LogP contribution < -0.4 is 9.61 Å². The number of aryl methyl sites for hydroxylation is 1. The lowest BCUT2D eigenvalue weighted by molar-refractivity contribution is 0.0483. The molecule has 0 heterocycles. The van der Waals surface area contributed by atoms with E-state index in [0.29, 0.717) is 33.6 Å². The van der Waals surface area contributed by atoms with E-state index in [1.54, 1.807) is 30.3 Å². The molecule has 3 aliphatic rings. The lowest BCUT2D eigenvalue weighted by Gasteiger charge is -2.46. The number of fused-ring (bicyclic) bond motifs is 1. The number of rotatable bonds is 10. The van der Waals surface area contributed by atoms with Crippen LogP contribution in [-0.4, -0.2) is 24.7 Å². The van der Waals surface area contributed by atoms with Gasteiger partial charge in [0, 0.05) is 17.0 Å². The zero-order valence-corrected chi connectivity index (χ0v) is 23.8. The first-order valence-electron chi connectivity index (χ1n) is 13.1. The molecule has 0 radical (unpaired) electrons. The van der Waals surface area contributed by atoms with Crippen LogP contribution in [0.3, 0.4) is 0 Å². The van der Waals surface area contributed by atoms with E-state index in [1.165, 1.54) is 19.3 Å². The molecule has 3 saturated carbocycles. The minimum Gasteiger partial charge on any atom is -0.462 e. The molecule has 2 unspecified atom stereocenters. The van der Waals surface area contributed by atoms with Crippen molar-refractivity contribution in [1.29, 1.82) is 0 Å². The third-order valence-electron chi connectivity index (χ3n) is 8.45. The zero-order chi connectivity index (χ0) is 26.5. The van der Waals surface area contributed by atoms with E-state index in [2.05, 4.69) is 25.9 Å². The highest BCUT2D eigenvalue weighted by Gasteiger charge is 2.75. The molecule has 1 spiro atoms. The first-order chi connectivity index (χ1) is 17.3. The largest absolute Gasteiger partial charge is 0.462 e. The predicted octanol–water partition coefficient (Wildman–Crippen LogP) is 7.74. The monoisotopic (exact) mass is 545 g/mol. The van der Waals surface area contributed by atoms with E-state index >= 15 is 0 Å². The molecule has 1 N–H and O–H groups in total. The van der Waals surface area contributed by atoms with Gasteiger partial charge >= 0.3 is 13.7 Å². The van der Waals surface area contributed by atoms with E-state index in [4.69, 9.17) is 25.4 Å². The molecule has 0 amide bonds. The first kappa shape index (κ1) is 26.7. The van der Waals surface area contributed by atoms with E-state index in [0.717, 1.165) is 18.4 Å². The van der Waals surface area contributed by atoms with Crippen molar-refractivity contribution in [3.05, 3.63) is 64.7 Å². The minimum atomic E-state index is -3.71. The van der Waals surface area contributed by atoms with Gasteiger partial charge in [0.2, 0.25) is 0 Å². The maximum absolute atomic E-state index is 14.1. The average molecular weight is 546 g/mol. The topological polar surface area (TPSA) is 73.9 Å². The molecule has 5 rings (SSSR count). The van der Waals surface area contributed by atoms with Gasteiger partial charge in [-0.15, -0.1) is 0 Å². The second-order valence-corrected chi connectivity index (χ2v) is 14.5. The Morgan fingerprint density at radius 3 is 2.46 bits per heavy atom. The molecule has 0 aliphatic heterocycles. The highest BCUT2D eigenvalue weighted by atomic mass is 35.5. The molecule has 6 nitrogen and oxygen atoms in total. The summed E-state index contributed by atoms with van der Waals surface area (Å²) in [6, 6.07) is 14.2. The molecule has 37 heavy (non-hydrogen) atoms. The molecular weight excluding hydrogens is 509 g/mol. The number of ether oxygens (including phenoxy) is 1. The molecule has 5 atom stereocenters.